The summed E-state index contributed by atoms with van der Waals surface area (Å²) in [5.41, 5.74) is 2.33. The Balaban J connectivity index is 1.56. The fourth-order valence-electron chi connectivity index (χ4n) is 3.27. The second kappa shape index (κ2) is 6.01. The van der Waals surface area contributed by atoms with Crippen molar-refractivity contribution in [2.45, 2.75) is 58.0 Å². The average molecular weight is 351 g/mol. The van der Waals surface area contributed by atoms with E-state index >= 15 is 0 Å². The molecule has 1 aliphatic rings. The van der Waals surface area contributed by atoms with Crippen molar-refractivity contribution < 1.29 is 9.21 Å². The van der Waals surface area contributed by atoms with Crippen molar-refractivity contribution in [1.29, 1.82) is 0 Å². The summed E-state index contributed by atoms with van der Waals surface area (Å²) in [5, 5.41) is 8.66. The van der Waals surface area contributed by atoms with E-state index in [1.807, 2.05) is 48.0 Å². The van der Waals surface area contributed by atoms with Crippen LogP contribution in [0.25, 0.3) is 11.0 Å². The first-order chi connectivity index (χ1) is 12.3. The lowest BCUT2D eigenvalue weighted by atomic mass is 10.1. The molecule has 1 aliphatic carbocycles. The van der Waals surface area contributed by atoms with E-state index in [-0.39, 0.29) is 17.5 Å². The number of rotatable bonds is 4. The third-order valence-corrected chi connectivity index (χ3v) is 4.82. The van der Waals surface area contributed by atoms with Crippen LogP contribution in [0.4, 0.5) is 0 Å². The summed E-state index contributed by atoms with van der Waals surface area (Å²) in [4.78, 5) is 12.8. The van der Waals surface area contributed by atoms with E-state index < -0.39 is 0 Å². The molecule has 136 valence electrons. The molecule has 4 rings (SSSR count). The molecule has 1 N–H and O–H groups in total. The van der Waals surface area contributed by atoms with Gasteiger partial charge in [-0.3, -0.25) is 9.48 Å². The van der Waals surface area contributed by atoms with E-state index in [4.69, 9.17) is 4.42 Å². The molecule has 1 aromatic carbocycles. The second-order valence-electron chi connectivity index (χ2n) is 8.19. The van der Waals surface area contributed by atoms with E-state index in [0.717, 1.165) is 16.7 Å². The van der Waals surface area contributed by atoms with Crippen LogP contribution in [-0.4, -0.2) is 15.7 Å². The first kappa shape index (κ1) is 16.9. The maximum Gasteiger partial charge on any atom is 0.272 e. The van der Waals surface area contributed by atoms with Gasteiger partial charge in [0.2, 0.25) is 0 Å². The number of fused-ring (bicyclic) bond motifs is 1. The lowest BCUT2D eigenvalue weighted by Gasteiger charge is -2.22. The molecule has 1 saturated carbocycles. The van der Waals surface area contributed by atoms with Gasteiger partial charge < -0.3 is 9.73 Å². The first-order valence-electron chi connectivity index (χ1n) is 9.23. The standard InChI is InChI=1S/C21H25N3O2/c1-13(19-11-15-7-5-6-8-18(15)26-19)22-20(25)16-12-17(14-9-10-14)24(23-16)21(2,3)4/h5-8,11-14H,9-10H2,1-4H3,(H,22,25)/t13-/m0/s1. The Morgan fingerprint density at radius 1 is 1.27 bits per heavy atom. The van der Waals surface area contributed by atoms with Gasteiger partial charge in [-0.05, 0) is 58.7 Å². The number of nitrogens with one attached hydrogen (secondary N) is 1. The van der Waals surface area contributed by atoms with Crippen LogP contribution in [0.3, 0.4) is 0 Å². The molecule has 0 saturated heterocycles. The monoisotopic (exact) mass is 351 g/mol. The molecule has 0 bridgehead atoms. The average Bonchev–Trinajstić information content (AvgIpc) is 3.17. The van der Waals surface area contributed by atoms with Gasteiger partial charge in [-0.2, -0.15) is 5.10 Å². The summed E-state index contributed by atoms with van der Waals surface area (Å²) < 4.78 is 7.86. The zero-order chi connectivity index (χ0) is 18.5. The highest BCUT2D eigenvalue weighted by molar-refractivity contribution is 5.92. The molecule has 0 radical (unpaired) electrons. The second-order valence-corrected chi connectivity index (χ2v) is 8.19. The molecule has 26 heavy (non-hydrogen) atoms. The summed E-state index contributed by atoms with van der Waals surface area (Å²) in [5.74, 6) is 1.12. The fraction of sp³-hybridized carbons (Fsp3) is 0.429. The van der Waals surface area contributed by atoms with Crippen molar-refractivity contribution in [3.63, 3.8) is 0 Å². The SMILES string of the molecule is C[C@H](NC(=O)c1cc(C2CC2)n(C(C)(C)C)n1)c1cc2ccccc2o1. The Labute approximate surface area is 153 Å². The van der Waals surface area contributed by atoms with Crippen molar-refractivity contribution in [1.82, 2.24) is 15.1 Å². The Morgan fingerprint density at radius 2 is 2.00 bits per heavy atom. The molecule has 1 amide bonds. The van der Waals surface area contributed by atoms with E-state index in [1.54, 1.807) is 0 Å². The molecule has 5 nitrogen and oxygen atoms in total. The number of carbonyl (C=O) groups excluding carboxylic acids is 1. The van der Waals surface area contributed by atoms with Crippen LogP contribution >= 0.6 is 0 Å². The molecular weight excluding hydrogens is 326 g/mol. The Bertz CT molecular complexity index is 924. The van der Waals surface area contributed by atoms with Gasteiger partial charge in [-0.25, -0.2) is 0 Å². The number of benzene rings is 1. The molecule has 2 aromatic heterocycles. The summed E-state index contributed by atoms with van der Waals surface area (Å²) in [7, 11) is 0. The predicted octanol–water partition coefficient (Wildman–Crippen LogP) is 4.75. The van der Waals surface area contributed by atoms with Crippen LogP contribution in [0.5, 0.6) is 0 Å². The minimum Gasteiger partial charge on any atom is -0.459 e. The highest BCUT2D eigenvalue weighted by atomic mass is 16.3. The fourth-order valence-corrected chi connectivity index (χ4v) is 3.27. The van der Waals surface area contributed by atoms with E-state index in [9.17, 15) is 4.79 Å². The van der Waals surface area contributed by atoms with Crippen LogP contribution in [-0.2, 0) is 5.54 Å². The first-order valence-corrected chi connectivity index (χ1v) is 9.23. The number of aromatic nitrogens is 2. The number of amides is 1. The molecule has 5 heteroatoms. The maximum atomic E-state index is 12.8. The molecule has 0 unspecified atom stereocenters. The van der Waals surface area contributed by atoms with E-state index in [1.165, 1.54) is 18.5 Å². The number of hydrogen-bond acceptors (Lipinski definition) is 3. The zero-order valence-electron chi connectivity index (χ0n) is 15.7. The molecular formula is C21H25N3O2. The lowest BCUT2D eigenvalue weighted by Crippen LogP contribution is -2.28. The van der Waals surface area contributed by atoms with Gasteiger partial charge >= 0.3 is 0 Å². The van der Waals surface area contributed by atoms with E-state index in [2.05, 4.69) is 31.2 Å². The van der Waals surface area contributed by atoms with Gasteiger partial charge in [0.25, 0.3) is 5.91 Å². The third kappa shape index (κ3) is 3.14. The number of hydrogen-bond donors (Lipinski definition) is 1. The Kier molecular flexibility index (Phi) is 3.90. The minimum absolute atomic E-state index is 0.138. The molecule has 3 aromatic rings. The Hall–Kier alpha value is -2.56. The van der Waals surface area contributed by atoms with Crippen LogP contribution in [0.15, 0.2) is 40.8 Å². The Morgan fingerprint density at radius 3 is 2.65 bits per heavy atom. The van der Waals surface area contributed by atoms with Gasteiger partial charge in [0.15, 0.2) is 0 Å². The number of furan rings is 1. The van der Waals surface area contributed by atoms with Gasteiger partial charge in [0.1, 0.15) is 17.0 Å². The maximum absolute atomic E-state index is 12.8. The van der Waals surface area contributed by atoms with Crippen molar-refractivity contribution in [3.05, 3.63) is 53.5 Å². The predicted molar refractivity (Wildman–Crippen MR) is 101 cm³/mol. The zero-order valence-corrected chi connectivity index (χ0v) is 15.7. The summed E-state index contributed by atoms with van der Waals surface area (Å²) >= 11 is 0. The topological polar surface area (TPSA) is 60.1 Å². The number of para-hydroxylation sites is 1. The van der Waals surface area contributed by atoms with Crippen LogP contribution in [0.1, 0.15) is 74.4 Å². The summed E-state index contributed by atoms with van der Waals surface area (Å²) in [6.07, 6.45) is 2.36. The van der Waals surface area contributed by atoms with Crippen molar-refractivity contribution in [2.75, 3.05) is 0 Å². The van der Waals surface area contributed by atoms with Crippen molar-refractivity contribution in [2.24, 2.45) is 0 Å². The van der Waals surface area contributed by atoms with Crippen LogP contribution in [0.2, 0.25) is 0 Å². The molecule has 0 aliphatic heterocycles. The van der Waals surface area contributed by atoms with Crippen molar-refractivity contribution in [3.8, 4) is 0 Å². The molecule has 1 atom stereocenters. The normalized spacial score (nSPS) is 16.0. The quantitative estimate of drug-likeness (QED) is 0.738. The van der Waals surface area contributed by atoms with Crippen LogP contribution < -0.4 is 5.32 Å². The highest BCUT2D eigenvalue weighted by Gasteiger charge is 2.32. The van der Waals surface area contributed by atoms with Crippen LogP contribution in [0, 0.1) is 0 Å². The minimum atomic E-state index is -0.223. The third-order valence-electron chi connectivity index (χ3n) is 4.82. The number of carbonyl (C=O) groups is 1. The molecule has 2 heterocycles. The van der Waals surface area contributed by atoms with Gasteiger partial charge in [0, 0.05) is 17.0 Å². The van der Waals surface area contributed by atoms with Crippen molar-refractivity contribution >= 4 is 16.9 Å². The number of nitrogens with zero attached hydrogens (tertiary/aromatic N) is 2. The van der Waals surface area contributed by atoms with Gasteiger partial charge in [-0.15, -0.1) is 0 Å². The van der Waals surface area contributed by atoms with Gasteiger partial charge in [-0.1, -0.05) is 18.2 Å². The largest absolute Gasteiger partial charge is 0.459 e. The molecule has 0 spiro atoms. The highest BCUT2D eigenvalue weighted by Crippen LogP contribution is 2.41. The van der Waals surface area contributed by atoms with Gasteiger partial charge in [0.05, 0.1) is 11.6 Å². The van der Waals surface area contributed by atoms with E-state index in [0.29, 0.717) is 11.6 Å². The molecule has 1 fully saturated rings. The smallest absolute Gasteiger partial charge is 0.272 e. The summed E-state index contributed by atoms with van der Waals surface area (Å²) in [6.45, 7) is 8.28. The summed E-state index contributed by atoms with van der Waals surface area (Å²) in [6, 6.07) is 11.6. The lowest BCUT2D eigenvalue weighted by molar-refractivity contribution is 0.0929.